The van der Waals surface area contributed by atoms with E-state index in [1.807, 2.05) is 42.6 Å². The second-order valence-electron chi connectivity index (χ2n) is 6.24. The van der Waals surface area contributed by atoms with Gasteiger partial charge in [0.2, 0.25) is 5.95 Å². The van der Waals surface area contributed by atoms with Gasteiger partial charge in [-0.3, -0.25) is 4.98 Å². The highest BCUT2D eigenvalue weighted by atomic mass is 32.2. The molecule has 0 aliphatic rings. The average Bonchev–Trinajstić information content (AvgIpc) is 2.76. The van der Waals surface area contributed by atoms with E-state index in [9.17, 15) is 0 Å². The number of anilines is 1. The van der Waals surface area contributed by atoms with Crippen LogP contribution < -0.4 is 14.8 Å². The summed E-state index contributed by atoms with van der Waals surface area (Å²) in [6.45, 7) is 0.774. The van der Waals surface area contributed by atoms with E-state index >= 15 is 0 Å². The fourth-order valence-electron chi connectivity index (χ4n) is 2.73. The van der Waals surface area contributed by atoms with Crippen LogP contribution in [-0.2, 0) is 12.2 Å². The van der Waals surface area contributed by atoms with Crippen molar-refractivity contribution in [1.29, 1.82) is 0 Å². The molecule has 0 spiro atoms. The second kappa shape index (κ2) is 10.8. The smallest absolute Gasteiger partial charge is 0.201 e. The lowest BCUT2D eigenvalue weighted by Gasteiger charge is -2.09. The third-order valence-electron chi connectivity index (χ3n) is 4.27. The quantitative estimate of drug-likeness (QED) is 0.364. The molecule has 2 aromatic heterocycles. The average molecular weight is 429 g/mol. The first-order valence-corrected chi connectivity index (χ1v) is 10.8. The third-order valence-corrected chi connectivity index (χ3v) is 5.61. The van der Waals surface area contributed by atoms with Gasteiger partial charge in [-0.15, -0.1) is 0 Å². The summed E-state index contributed by atoms with van der Waals surface area (Å²) in [4.78, 5) is 12.0. The molecule has 2 N–H and O–H groups in total. The van der Waals surface area contributed by atoms with Crippen LogP contribution in [0, 0.1) is 4.64 Å². The fraction of sp³-hybridized carbons (Fsp3) is 0.286. The largest absolute Gasteiger partial charge is 0.497 e. The van der Waals surface area contributed by atoms with Gasteiger partial charge in [-0.25, -0.2) is 4.98 Å². The first-order chi connectivity index (χ1) is 14.2. The number of hydrogen-bond acceptors (Lipinski definition) is 7. The lowest BCUT2D eigenvalue weighted by atomic mass is 10.1. The number of thioether (sulfide) groups is 1. The number of H-pyrrole nitrogens is 1. The number of pyridine rings is 1. The molecule has 152 valence electrons. The van der Waals surface area contributed by atoms with E-state index in [1.165, 1.54) is 0 Å². The van der Waals surface area contributed by atoms with Gasteiger partial charge in [0.15, 0.2) is 0 Å². The van der Waals surface area contributed by atoms with Gasteiger partial charge in [0.05, 0.1) is 19.9 Å². The Bertz CT molecular complexity index is 977. The number of aromatic amines is 1. The Balaban J connectivity index is 1.47. The maximum atomic E-state index is 5.49. The molecule has 0 saturated carbocycles. The van der Waals surface area contributed by atoms with Crippen LogP contribution >= 0.6 is 24.0 Å². The van der Waals surface area contributed by atoms with Gasteiger partial charge in [0, 0.05) is 42.4 Å². The lowest BCUT2D eigenvalue weighted by molar-refractivity contribution is 0.409. The molecule has 1 aromatic carbocycles. The van der Waals surface area contributed by atoms with Gasteiger partial charge in [-0.05, 0) is 29.8 Å². The minimum Gasteiger partial charge on any atom is -0.497 e. The van der Waals surface area contributed by atoms with Crippen molar-refractivity contribution >= 4 is 29.9 Å². The van der Waals surface area contributed by atoms with Gasteiger partial charge in [0.1, 0.15) is 16.1 Å². The monoisotopic (exact) mass is 428 g/mol. The summed E-state index contributed by atoms with van der Waals surface area (Å²) in [7, 11) is 3.33. The minimum absolute atomic E-state index is 0.685. The highest BCUT2D eigenvalue weighted by molar-refractivity contribution is 7.98. The molecule has 6 nitrogen and oxygen atoms in total. The Hall–Kier alpha value is -2.58. The number of aromatic nitrogens is 3. The van der Waals surface area contributed by atoms with E-state index in [-0.39, 0.29) is 0 Å². The van der Waals surface area contributed by atoms with Gasteiger partial charge in [-0.1, -0.05) is 24.4 Å². The van der Waals surface area contributed by atoms with Gasteiger partial charge < -0.3 is 19.8 Å². The molecule has 29 heavy (non-hydrogen) atoms. The van der Waals surface area contributed by atoms with E-state index < -0.39 is 0 Å². The molecule has 0 fully saturated rings. The Kier molecular flexibility index (Phi) is 7.89. The zero-order chi connectivity index (χ0) is 20.5. The summed E-state index contributed by atoms with van der Waals surface area (Å²) in [5.74, 6) is 4.07. The van der Waals surface area contributed by atoms with Crippen LogP contribution in [0.25, 0.3) is 0 Å². The third kappa shape index (κ3) is 6.20. The highest BCUT2D eigenvalue weighted by Gasteiger charge is 2.04. The van der Waals surface area contributed by atoms with Crippen molar-refractivity contribution in [1.82, 2.24) is 15.0 Å². The number of rotatable bonds is 10. The number of nitrogens with zero attached hydrogens (tertiary/aromatic N) is 2. The summed E-state index contributed by atoms with van der Waals surface area (Å²) >= 11 is 7.28. The summed E-state index contributed by atoms with van der Waals surface area (Å²) in [6, 6.07) is 11.8. The molecule has 0 radical (unpaired) electrons. The molecular weight excluding hydrogens is 404 g/mol. The zero-order valence-corrected chi connectivity index (χ0v) is 18.1. The molecule has 3 aromatic rings. The van der Waals surface area contributed by atoms with Crippen molar-refractivity contribution in [3.8, 4) is 11.5 Å². The topological polar surface area (TPSA) is 72.1 Å². The molecule has 2 heterocycles. The van der Waals surface area contributed by atoms with Crippen LogP contribution in [-0.4, -0.2) is 41.5 Å². The maximum absolute atomic E-state index is 5.49. The zero-order valence-electron chi connectivity index (χ0n) is 16.5. The van der Waals surface area contributed by atoms with E-state index in [0.717, 1.165) is 52.8 Å². The van der Waals surface area contributed by atoms with Crippen molar-refractivity contribution < 1.29 is 9.47 Å². The van der Waals surface area contributed by atoms with Crippen LogP contribution in [0.4, 0.5) is 5.95 Å². The lowest BCUT2D eigenvalue weighted by Crippen LogP contribution is -2.08. The van der Waals surface area contributed by atoms with Gasteiger partial charge in [-0.2, -0.15) is 11.8 Å². The SMILES string of the molecule is COc1ccc(Cc2cnc(NCCSCc3ncccc3OC)[nH]c2=S)cc1. The molecular formula is C21H24N4O2S2. The molecule has 0 atom stereocenters. The molecule has 0 unspecified atom stereocenters. The minimum atomic E-state index is 0.685. The molecule has 0 saturated heterocycles. The maximum Gasteiger partial charge on any atom is 0.201 e. The summed E-state index contributed by atoms with van der Waals surface area (Å²) in [5, 5.41) is 3.28. The first kappa shape index (κ1) is 21.1. The normalized spacial score (nSPS) is 10.6. The number of benzene rings is 1. The number of hydrogen-bond donors (Lipinski definition) is 2. The van der Waals surface area contributed by atoms with Crippen molar-refractivity contribution in [2.75, 3.05) is 31.8 Å². The fourth-order valence-corrected chi connectivity index (χ4v) is 3.75. The highest BCUT2D eigenvalue weighted by Crippen LogP contribution is 2.20. The van der Waals surface area contributed by atoms with Crippen molar-refractivity contribution in [2.45, 2.75) is 12.2 Å². The predicted molar refractivity (Wildman–Crippen MR) is 121 cm³/mol. The number of methoxy groups -OCH3 is 2. The van der Waals surface area contributed by atoms with Crippen LogP contribution in [0.2, 0.25) is 0 Å². The van der Waals surface area contributed by atoms with Crippen LogP contribution in [0.1, 0.15) is 16.8 Å². The molecule has 0 bridgehead atoms. The molecule has 0 amide bonds. The van der Waals surface area contributed by atoms with Crippen molar-refractivity contribution in [2.24, 2.45) is 0 Å². The Morgan fingerprint density at radius 2 is 1.93 bits per heavy atom. The predicted octanol–water partition coefficient (Wildman–Crippen LogP) is 4.49. The first-order valence-electron chi connectivity index (χ1n) is 9.20. The van der Waals surface area contributed by atoms with Crippen LogP contribution in [0.3, 0.4) is 0 Å². The van der Waals surface area contributed by atoms with E-state index in [4.69, 9.17) is 21.7 Å². The van der Waals surface area contributed by atoms with Crippen LogP contribution in [0.15, 0.2) is 48.8 Å². The number of ether oxygens (including phenoxy) is 2. The summed E-state index contributed by atoms with van der Waals surface area (Å²) in [6.07, 6.45) is 4.35. The standard InChI is InChI=1S/C21H24N4O2S2/c1-26-17-7-5-15(6-8-17)12-16-13-24-21(25-20(16)28)23-10-11-29-14-18-19(27-2)4-3-9-22-18/h3-9,13H,10-12,14H2,1-2H3,(H2,23,24,25,28). The van der Waals surface area contributed by atoms with E-state index in [2.05, 4.69) is 20.3 Å². The van der Waals surface area contributed by atoms with Gasteiger partial charge >= 0.3 is 0 Å². The molecule has 8 heteroatoms. The van der Waals surface area contributed by atoms with Crippen LogP contribution in [0.5, 0.6) is 11.5 Å². The van der Waals surface area contributed by atoms with E-state index in [1.54, 1.807) is 32.2 Å². The Morgan fingerprint density at radius 1 is 1.10 bits per heavy atom. The Morgan fingerprint density at radius 3 is 2.66 bits per heavy atom. The Labute approximate surface area is 180 Å². The van der Waals surface area contributed by atoms with Crippen molar-refractivity contribution in [3.05, 3.63) is 70.3 Å². The molecule has 0 aliphatic heterocycles. The molecule has 3 rings (SSSR count). The summed E-state index contributed by atoms with van der Waals surface area (Å²) < 4.78 is 11.2. The van der Waals surface area contributed by atoms with E-state index in [0.29, 0.717) is 10.6 Å². The molecule has 0 aliphatic carbocycles. The van der Waals surface area contributed by atoms with Crippen molar-refractivity contribution in [3.63, 3.8) is 0 Å². The number of nitrogens with one attached hydrogen (secondary N) is 2. The second-order valence-corrected chi connectivity index (χ2v) is 7.76. The van der Waals surface area contributed by atoms with Gasteiger partial charge in [0.25, 0.3) is 0 Å². The summed E-state index contributed by atoms with van der Waals surface area (Å²) in [5.41, 5.74) is 3.11.